The number of rotatable bonds is 10. The zero-order valence-electron chi connectivity index (χ0n) is 21.9. The van der Waals surface area contributed by atoms with Gasteiger partial charge in [-0.3, -0.25) is 9.78 Å². The van der Waals surface area contributed by atoms with Gasteiger partial charge in [0, 0.05) is 42.4 Å². The zero-order chi connectivity index (χ0) is 28.8. The molecular weight excluding hydrogens is 541 g/mol. The summed E-state index contributed by atoms with van der Waals surface area (Å²) in [7, 11) is 0. The number of nitrogens with zero attached hydrogens (tertiary/aromatic N) is 3. The van der Waals surface area contributed by atoms with Gasteiger partial charge in [-0.2, -0.15) is 5.26 Å². The quantitative estimate of drug-likeness (QED) is 0.208. The topological polar surface area (TPSA) is 140 Å². The highest BCUT2D eigenvalue weighted by Crippen LogP contribution is 2.37. The molecule has 12 heteroatoms. The van der Waals surface area contributed by atoms with Crippen molar-refractivity contribution >= 4 is 45.5 Å². The first-order valence-corrected chi connectivity index (χ1v) is 13.0. The molecule has 3 aromatic rings. The molecule has 1 amide bonds. The van der Waals surface area contributed by atoms with Gasteiger partial charge in [0.1, 0.15) is 36.2 Å². The maximum Gasteiger partial charge on any atom is 0.248 e. The fraction of sp³-hybridized carbons (Fsp3) is 0.321. The summed E-state index contributed by atoms with van der Waals surface area (Å²) in [4.78, 5) is 18.7. The molecule has 0 bridgehead atoms. The molecule has 4 rings (SSSR count). The summed E-state index contributed by atoms with van der Waals surface area (Å²) >= 11 is 5.95. The van der Waals surface area contributed by atoms with E-state index in [9.17, 15) is 24.7 Å². The number of ether oxygens (including phenoxy) is 2. The van der Waals surface area contributed by atoms with Gasteiger partial charge in [0.25, 0.3) is 0 Å². The van der Waals surface area contributed by atoms with Crippen molar-refractivity contribution in [3.63, 3.8) is 0 Å². The van der Waals surface area contributed by atoms with Crippen LogP contribution in [0.25, 0.3) is 10.9 Å². The van der Waals surface area contributed by atoms with Gasteiger partial charge in [0.2, 0.25) is 5.91 Å². The number of carbonyl (C=O) groups is 1. The zero-order valence-corrected chi connectivity index (χ0v) is 22.7. The largest absolute Gasteiger partial charge is 0.486 e. The van der Waals surface area contributed by atoms with E-state index in [1.165, 1.54) is 55.3 Å². The Balaban J connectivity index is 1.70. The van der Waals surface area contributed by atoms with Crippen LogP contribution in [0.1, 0.15) is 25.8 Å². The molecule has 0 saturated carbocycles. The molecule has 10 nitrogen and oxygen atoms in total. The summed E-state index contributed by atoms with van der Waals surface area (Å²) < 4.78 is 25.3. The Morgan fingerprint density at radius 2 is 2.12 bits per heavy atom. The number of hydrogen-bond acceptors (Lipinski definition) is 9. The van der Waals surface area contributed by atoms with Crippen LogP contribution in [0.15, 0.2) is 48.7 Å². The first-order valence-electron chi connectivity index (χ1n) is 12.6. The lowest BCUT2D eigenvalue weighted by atomic mass is 10.1. The number of pyridine rings is 1. The Labute approximate surface area is 235 Å². The van der Waals surface area contributed by atoms with E-state index in [0.29, 0.717) is 53.3 Å². The van der Waals surface area contributed by atoms with Crippen molar-refractivity contribution < 1.29 is 28.9 Å². The molecule has 0 spiro atoms. The van der Waals surface area contributed by atoms with Crippen molar-refractivity contribution in [3.05, 3.63) is 65.1 Å². The maximum atomic E-state index is 13.7. The van der Waals surface area contributed by atoms with Gasteiger partial charge < -0.3 is 30.3 Å². The van der Waals surface area contributed by atoms with E-state index in [4.69, 9.17) is 21.1 Å². The standard InChI is InChI=1S/C28H29ClFN5O5/c1-16(36)35(17(2)37)8-3-4-27(38)34-25-11-21-24(12-26(25)40-20-7-9-39-15-20)32-14-18(13-31)28(21)33-19-5-6-23(30)22(29)10-19/h3-6,10-12,14,16-17,20,36-37H,7-9,15H2,1-2H3,(H,32,33)(H,34,38)/b4-3+/t16-,17-,20-/m0/s1. The number of fused-ring (bicyclic) bond motifs is 1. The first kappa shape index (κ1) is 29.2. The fourth-order valence-electron chi connectivity index (χ4n) is 4.21. The monoisotopic (exact) mass is 569 g/mol. The van der Waals surface area contributed by atoms with Crippen molar-refractivity contribution in [2.75, 3.05) is 30.4 Å². The number of aliphatic hydroxyl groups is 2. The van der Waals surface area contributed by atoms with E-state index in [-0.39, 0.29) is 23.2 Å². The van der Waals surface area contributed by atoms with Gasteiger partial charge in [-0.15, -0.1) is 0 Å². The normalized spacial score (nSPS) is 16.7. The summed E-state index contributed by atoms with van der Waals surface area (Å²) in [6.07, 6.45) is 2.85. The summed E-state index contributed by atoms with van der Waals surface area (Å²) in [5.41, 5.74) is 1.88. The minimum atomic E-state index is -0.912. The summed E-state index contributed by atoms with van der Waals surface area (Å²) in [6.45, 7) is 4.12. The summed E-state index contributed by atoms with van der Waals surface area (Å²) in [5.74, 6) is -0.687. The van der Waals surface area contributed by atoms with Gasteiger partial charge in [0.15, 0.2) is 0 Å². The van der Waals surface area contributed by atoms with E-state index < -0.39 is 24.2 Å². The highest BCUT2D eigenvalue weighted by atomic mass is 35.5. The Bertz CT molecular complexity index is 1450. The van der Waals surface area contributed by atoms with Crippen LogP contribution in [-0.4, -0.2) is 64.3 Å². The number of carbonyl (C=O) groups excluding carboxylic acids is 1. The number of halogens is 2. The molecule has 2 heterocycles. The van der Waals surface area contributed by atoms with Crippen LogP contribution in [0.4, 0.5) is 21.5 Å². The van der Waals surface area contributed by atoms with E-state index in [1.807, 2.05) is 0 Å². The predicted octanol–water partition coefficient (Wildman–Crippen LogP) is 4.28. The van der Waals surface area contributed by atoms with Crippen LogP contribution in [0.3, 0.4) is 0 Å². The molecule has 40 heavy (non-hydrogen) atoms. The third-order valence-electron chi connectivity index (χ3n) is 6.26. The molecule has 4 N–H and O–H groups in total. The van der Waals surface area contributed by atoms with E-state index in [1.54, 1.807) is 12.1 Å². The van der Waals surface area contributed by atoms with E-state index >= 15 is 0 Å². The molecule has 1 fully saturated rings. The summed E-state index contributed by atoms with van der Waals surface area (Å²) in [5, 5.41) is 35.7. The van der Waals surface area contributed by atoms with Gasteiger partial charge in [-0.1, -0.05) is 17.7 Å². The third kappa shape index (κ3) is 7.04. The number of nitrogens with one attached hydrogen (secondary N) is 2. The lowest BCUT2D eigenvalue weighted by Crippen LogP contribution is -2.40. The maximum absolute atomic E-state index is 13.7. The molecule has 1 aliphatic heterocycles. The van der Waals surface area contributed by atoms with Crippen molar-refractivity contribution in [2.24, 2.45) is 0 Å². The van der Waals surface area contributed by atoms with Crippen LogP contribution in [0.5, 0.6) is 5.75 Å². The molecule has 210 valence electrons. The van der Waals surface area contributed by atoms with Gasteiger partial charge >= 0.3 is 0 Å². The minimum absolute atomic E-state index is 0.0826. The Morgan fingerprint density at radius 1 is 1.35 bits per heavy atom. The van der Waals surface area contributed by atoms with Crippen LogP contribution in [-0.2, 0) is 9.53 Å². The molecule has 1 saturated heterocycles. The summed E-state index contributed by atoms with van der Waals surface area (Å²) in [6, 6.07) is 9.51. The van der Waals surface area contributed by atoms with E-state index in [0.717, 1.165) is 0 Å². The molecule has 0 radical (unpaired) electrons. The number of anilines is 3. The van der Waals surface area contributed by atoms with Crippen LogP contribution in [0.2, 0.25) is 5.02 Å². The Kier molecular flexibility index (Phi) is 9.52. The number of amides is 1. The Hall–Kier alpha value is -3.79. The first-order chi connectivity index (χ1) is 19.2. The molecule has 2 aromatic carbocycles. The lowest BCUT2D eigenvalue weighted by Gasteiger charge is -2.26. The highest BCUT2D eigenvalue weighted by molar-refractivity contribution is 6.31. The van der Waals surface area contributed by atoms with Crippen molar-refractivity contribution in [1.82, 2.24) is 9.88 Å². The van der Waals surface area contributed by atoms with Crippen LogP contribution >= 0.6 is 11.6 Å². The molecular formula is C28H29ClFN5O5. The average Bonchev–Trinajstić information content (AvgIpc) is 3.42. The van der Waals surface area contributed by atoms with Crippen LogP contribution in [0, 0.1) is 17.1 Å². The number of aromatic nitrogens is 1. The molecule has 3 atom stereocenters. The predicted molar refractivity (Wildman–Crippen MR) is 149 cm³/mol. The van der Waals surface area contributed by atoms with Gasteiger partial charge in [0.05, 0.1) is 40.7 Å². The van der Waals surface area contributed by atoms with Gasteiger partial charge in [-0.05, 0) is 38.1 Å². The van der Waals surface area contributed by atoms with Crippen molar-refractivity contribution in [1.29, 1.82) is 5.26 Å². The highest BCUT2D eigenvalue weighted by Gasteiger charge is 2.21. The number of nitriles is 1. The average molecular weight is 570 g/mol. The second-order valence-corrected chi connectivity index (χ2v) is 9.64. The number of aliphatic hydroxyl groups excluding tert-OH is 2. The SMILES string of the molecule is C[C@H](O)N(C/C=C/C(=O)Nc1cc2c(Nc3ccc(F)c(Cl)c3)c(C#N)cnc2cc1O[C@H]1CCOC1)[C@H](C)O. The minimum Gasteiger partial charge on any atom is -0.486 e. The van der Waals surface area contributed by atoms with Crippen molar-refractivity contribution in [2.45, 2.75) is 38.8 Å². The molecule has 0 aliphatic carbocycles. The van der Waals surface area contributed by atoms with Crippen LogP contribution < -0.4 is 15.4 Å². The number of hydrogen-bond donors (Lipinski definition) is 4. The van der Waals surface area contributed by atoms with Crippen molar-refractivity contribution in [3.8, 4) is 11.8 Å². The molecule has 1 aliphatic rings. The smallest absolute Gasteiger partial charge is 0.248 e. The fourth-order valence-corrected chi connectivity index (χ4v) is 4.39. The second kappa shape index (κ2) is 13.0. The molecule has 1 aromatic heterocycles. The number of benzene rings is 2. The van der Waals surface area contributed by atoms with Gasteiger partial charge in [-0.25, -0.2) is 9.29 Å². The van der Waals surface area contributed by atoms with E-state index in [2.05, 4.69) is 21.7 Å². The second-order valence-electron chi connectivity index (χ2n) is 9.23. The Morgan fingerprint density at radius 3 is 2.77 bits per heavy atom. The third-order valence-corrected chi connectivity index (χ3v) is 6.55. The lowest BCUT2D eigenvalue weighted by molar-refractivity contribution is -0.112. The molecule has 0 unspecified atom stereocenters.